The fourth-order valence-electron chi connectivity index (χ4n) is 1.27. The quantitative estimate of drug-likeness (QED) is 0.208. The fourth-order valence-corrected chi connectivity index (χ4v) is 1.55. The number of amidine groups is 1. The third-order valence-corrected chi connectivity index (χ3v) is 2.40. The van der Waals surface area contributed by atoms with Gasteiger partial charge in [-0.05, 0) is 0 Å². The second-order valence-corrected chi connectivity index (χ2v) is 3.57. The zero-order chi connectivity index (χ0) is 12.4. The highest BCUT2D eigenvalue weighted by atomic mass is 35.5. The van der Waals surface area contributed by atoms with E-state index in [4.69, 9.17) is 11.6 Å². The molecule has 88 valence electrons. The van der Waals surface area contributed by atoms with E-state index in [1.165, 1.54) is 0 Å². The summed E-state index contributed by atoms with van der Waals surface area (Å²) in [6.07, 6.45) is 7.25. The van der Waals surface area contributed by atoms with Gasteiger partial charge in [-0.15, -0.1) is 0 Å². The fraction of sp³-hybridized carbons (Fsp3) is 0.308. The van der Waals surface area contributed by atoms with E-state index < -0.39 is 0 Å². The molecule has 0 bridgehead atoms. The molecule has 2 nitrogen and oxygen atoms in total. The molecule has 0 aromatic heterocycles. The first kappa shape index (κ1) is 14.7. The Hall–Kier alpha value is -1.28. The van der Waals surface area contributed by atoms with Crippen LogP contribution in [-0.2, 0) is 0 Å². The van der Waals surface area contributed by atoms with E-state index >= 15 is 0 Å². The molecule has 0 N–H and O–H groups in total. The van der Waals surface area contributed by atoms with Crippen molar-refractivity contribution in [1.82, 2.24) is 4.90 Å². The predicted octanol–water partition coefficient (Wildman–Crippen LogP) is 2.64. The number of rotatable bonds is 8. The van der Waals surface area contributed by atoms with Crippen molar-refractivity contribution in [2.24, 2.45) is 0 Å². The van der Waals surface area contributed by atoms with Crippen LogP contribution < -0.4 is 0 Å². The van der Waals surface area contributed by atoms with E-state index in [9.17, 15) is 0 Å². The van der Waals surface area contributed by atoms with E-state index in [1.54, 1.807) is 0 Å². The van der Waals surface area contributed by atoms with Gasteiger partial charge in [-0.1, -0.05) is 50.6 Å². The van der Waals surface area contributed by atoms with E-state index in [1.807, 2.05) is 33.8 Å². The molecule has 0 aliphatic heterocycles. The van der Waals surface area contributed by atoms with Crippen molar-refractivity contribution >= 4 is 16.9 Å². The van der Waals surface area contributed by atoms with E-state index in [-0.39, 0.29) is 0 Å². The van der Waals surface area contributed by atoms with Gasteiger partial charge < -0.3 is 0 Å². The highest BCUT2D eigenvalue weighted by Gasteiger charge is 2.17. The van der Waals surface area contributed by atoms with Crippen LogP contribution in [0.5, 0.6) is 0 Å². The largest absolute Gasteiger partial charge is 0.346 e. The predicted molar refractivity (Wildman–Crippen MR) is 73.2 cm³/mol. The molecular formula is C13H20ClN2+. The molecule has 0 saturated carbocycles. The topological polar surface area (TPSA) is 6.25 Å². The summed E-state index contributed by atoms with van der Waals surface area (Å²) in [5, 5.41) is 0.666. The van der Waals surface area contributed by atoms with Gasteiger partial charge in [0.15, 0.2) is 0 Å². The third kappa shape index (κ3) is 4.99. The monoisotopic (exact) mass is 239 g/mol. The highest BCUT2D eigenvalue weighted by molar-refractivity contribution is 6.63. The molecule has 0 fully saturated rings. The van der Waals surface area contributed by atoms with Gasteiger partial charge >= 0.3 is 5.29 Å². The summed E-state index contributed by atoms with van der Waals surface area (Å²) < 4.78 is 1.98. The van der Waals surface area contributed by atoms with Gasteiger partial charge in [0.05, 0.1) is 0 Å². The summed E-state index contributed by atoms with van der Waals surface area (Å²) in [5.74, 6) is 0. The molecule has 0 saturated heterocycles. The van der Waals surface area contributed by atoms with Crippen molar-refractivity contribution < 1.29 is 4.58 Å². The maximum Gasteiger partial charge on any atom is 0.346 e. The Morgan fingerprint density at radius 2 is 1.38 bits per heavy atom. The Morgan fingerprint density at radius 1 is 0.938 bits per heavy atom. The third-order valence-electron chi connectivity index (χ3n) is 1.92. The maximum absolute atomic E-state index is 6.31. The minimum Gasteiger partial charge on any atom is -0.244 e. The summed E-state index contributed by atoms with van der Waals surface area (Å²) in [7, 11) is 0. The standard InChI is InChI=1S/C13H20ClN2/c1-5-9-15(10-6-2)13(14)16(11-7-3)12-8-4/h5-8H,1-4,9-12H2/q+1. The van der Waals surface area contributed by atoms with Crippen molar-refractivity contribution in [3.8, 4) is 0 Å². The Morgan fingerprint density at radius 3 is 1.69 bits per heavy atom. The summed E-state index contributed by atoms with van der Waals surface area (Å²) in [4.78, 5) is 1.98. The van der Waals surface area contributed by atoms with Crippen molar-refractivity contribution in [1.29, 1.82) is 0 Å². The summed E-state index contributed by atoms with van der Waals surface area (Å²) >= 11 is 6.31. The van der Waals surface area contributed by atoms with Crippen LogP contribution in [0.15, 0.2) is 50.6 Å². The minimum absolute atomic E-state index is 0.666. The van der Waals surface area contributed by atoms with E-state index in [2.05, 4.69) is 26.3 Å². The molecule has 0 aromatic rings. The van der Waals surface area contributed by atoms with Crippen molar-refractivity contribution in [3.63, 3.8) is 0 Å². The molecule has 0 amide bonds. The average Bonchev–Trinajstić information content (AvgIpc) is 2.27. The lowest BCUT2D eigenvalue weighted by Gasteiger charge is -2.15. The smallest absolute Gasteiger partial charge is 0.244 e. The number of hydrogen-bond acceptors (Lipinski definition) is 0. The van der Waals surface area contributed by atoms with E-state index in [0.717, 1.165) is 0 Å². The Balaban J connectivity index is 4.94. The molecule has 0 aliphatic carbocycles. The summed E-state index contributed by atoms with van der Waals surface area (Å²) in [6.45, 7) is 17.6. The summed E-state index contributed by atoms with van der Waals surface area (Å²) in [6, 6.07) is 0. The van der Waals surface area contributed by atoms with Crippen LogP contribution in [0.1, 0.15) is 0 Å². The molecule has 0 spiro atoms. The first-order valence-electron chi connectivity index (χ1n) is 5.17. The van der Waals surface area contributed by atoms with Gasteiger partial charge in [-0.2, -0.15) is 0 Å². The molecule has 0 aliphatic rings. The van der Waals surface area contributed by atoms with Gasteiger partial charge in [-0.3, -0.25) is 0 Å². The molecule has 16 heavy (non-hydrogen) atoms. The Labute approximate surface area is 104 Å². The van der Waals surface area contributed by atoms with Crippen LogP contribution in [0.25, 0.3) is 0 Å². The van der Waals surface area contributed by atoms with Crippen molar-refractivity contribution in [3.05, 3.63) is 50.6 Å². The zero-order valence-corrected chi connectivity index (χ0v) is 10.5. The zero-order valence-electron chi connectivity index (χ0n) is 9.74. The number of halogens is 1. The Kier molecular flexibility index (Phi) is 8.26. The first-order valence-corrected chi connectivity index (χ1v) is 5.55. The van der Waals surface area contributed by atoms with Gasteiger partial charge in [-0.25, -0.2) is 9.48 Å². The first-order chi connectivity index (χ1) is 7.71. The van der Waals surface area contributed by atoms with Gasteiger partial charge in [0.1, 0.15) is 26.2 Å². The van der Waals surface area contributed by atoms with Crippen molar-refractivity contribution in [2.45, 2.75) is 0 Å². The molecule has 0 aromatic carbocycles. The second kappa shape index (κ2) is 8.98. The van der Waals surface area contributed by atoms with Crippen molar-refractivity contribution in [2.75, 3.05) is 26.2 Å². The maximum atomic E-state index is 6.31. The lowest BCUT2D eigenvalue weighted by molar-refractivity contribution is -0.509. The van der Waals surface area contributed by atoms with Crippen LogP contribution in [0.3, 0.4) is 0 Å². The number of nitrogens with zero attached hydrogens (tertiary/aromatic N) is 2. The molecular weight excluding hydrogens is 220 g/mol. The molecule has 3 heteroatoms. The van der Waals surface area contributed by atoms with Crippen LogP contribution in [0.4, 0.5) is 0 Å². The van der Waals surface area contributed by atoms with Crippen LogP contribution in [-0.4, -0.2) is 40.9 Å². The summed E-state index contributed by atoms with van der Waals surface area (Å²) in [5.41, 5.74) is 0. The lowest BCUT2D eigenvalue weighted by Crippen LogP contribution is -2.35. The molecule has 0 atom stereocenters. The van der Waals surface area contributed by atoms with Gasteiger partial charge in [0.25, 0.3) is 0 Å². The second-order valence-electron chi connectivity index (χ2n) is 3.23. The molecule has 0 radical (unpaired) electrons. The Bertz CT molecular complexity index is 270. The van der Waals surface area contributed by atoms with Crippen LogP contribution in [0, 0.1) is 0 Å². The van der Waals surface area contributed by atoms with E-state index in [0.29, 0.717) is 31.5 Å². The SMILES string of the molecule is C=CCN(CC=C)C(Cl)=[N+](CC=C)CC=C. The van der Waals surface area contributed by atoms with Gasteiger partial charge in [0, 0.05) is 11.6 Å². The average molecular weight is 240 g/mol. The number of hydrogen-bond donors (Lipinski definition) is 0. The van der Waals surface area contributed by atoms with Crippen LogP contribution >= 0.6 is 11.6 Å². The van der Waals surface area contributed by atoms with Gasteiger partial charge in [0.2, 0.25) is 0 Å². The normalized spacial score (nSPS) is 9.06. The van der Waals surface area contributed by atoms with Crippen LogP contribution in [0.2, 0.25) is 0 Å². The minimum atomic E-state index is 0.666. The molecule has 0 unspecified atom stereocenters. The lowest BCUT2D eigenvalue weighted by atomic mass is 10.4. The molecule has 0 rings (SSSR count). The molecule has 0 heterocycles. The highest BCUT2D eigenvalue weighted by Crippen LogP contribution is 1.99.